The maximum atomic E-state index is 11.9. The van der Waals surface area contributed by atoms with Gasteiger partial charge in [-0.3, -0.25) is 9.63 Å². The SMILES string of the molecule is CC(C)c1ccc(C(=O)NOCCN2CCCCC2)cc1. The lowest BCUT2D eigenvalue weighted by Gasteiger charge is -2.25. The summed E-state index contributed by atoms with van der Waals surface area (Å²) in [5, 5.41) is 0. The van der Waals surface area contributed by atoms with Gasteiger partial charge >= 0.3 is 0 Å². The minimum absolute atomic E-state index is 0.177. The smallest absolute Gasteiger partial charge is 0.274 e. The van der Waals surface area contributed by atoms with Crippen LogP contribution in [0.2, 0.25) is 0 Å². The van der Waals surface area contributed by atoms with Gasteiger partial charge in [0.05, 0.1) is 6.61 Å². The molecule has 1 aromatic carbocycles. The van der Waals surface area contributed by atoms with E-state index >= 15 is 0 Å². The van der Waals surface area contributed by atoms with Crippen molar-refractivity contribution in [3.8, 4) is 0 Å². The lowest BCUT2D eigenvalue weighted by Crippen LogP contribution is -2.35. The maximum absolute atomic E-state index is 11.9. The summed E-state index contributed by atoms with van der Waals surface area (Å²) in [5.74, 6) is 0.298. The summed E-state index contributed by atoms with van der Waals surface area (Å²) >= 11 is 0. The van der Waals surface area contributed by atoms with Crippen LogP contribution in [0.5, 0.6) is 0 Å². The number of carbonyl (C=O) groups excluding carboxylic acids is 1. The number of nitrogens with one attached hydrogen (secondary N) is 1. The van der Waals surface area contributed by atoms with Crippen LogP contribution < -0.4 is 5.48 Å². The van der Waals surface area contributed by atoms with Gasteiger partial charge in [-0.05, 0) is 49.5 Å². The van der Waals surface area contributed by atoms with E-state index in [1.807, 2.05) is 24.3 Å². The molecule has 1 aromatic rings. The number of amides is 1. The van der Waals surface area contributed by atoms with Crippen molar-refractivity contribution >= 4 is 5.91 Å². The van der Waals surface area contributed by atoms with Crippen molar-refractivity contribution in [2.24, 2.45) is 0 Å². The number of hydroxylamine groups is 1. The monoisotopic (exact) mass is 290 g/mol. The highest BCUT2D eigenvalue weighted by Gasteiger charge is 2.10. The van der Waals surface area contributed by atoms with E-state index < -0.39 is 0 Å². The Hall–Kier alpha value is -1.39. The summed E-state index contributed by atoms with van der Waals surface area (Å²) in [6, 6.07) is 7.68. The van der Waals surface area contributed by atoms with Crippen molar-refractivity contribution in [1.82, 2.24) is 10.4 Å². The van der Waals surface area contributed by atoms with E-state index in [4.69, 9.17) is 4.84 Å². The van der Waals surface area contributed by atoms with E-state index in [9.17, 15) is 4.79 Å². The molecule has 1 N–H and O–H groups in total. The van der Waals surface area contributed by atoms with Gasteiger partial charge in [0.1, 0.15) is 0 Å². The summed E-state index contributed by atoms with van der Waals surface area (Å²) < 4.78 is 0. The topological polar surface area (TPSA) is 41.6 Å². The number of hydrogen-bond acceptors (Lipinski definition) is 3. The molecule has 1 saturated heterocycles. The molecule has 116 valence electrons. The van der Waals surface area contributed by atoms with E-state index in [0.29, 0.717) is 18.1 Å². The Balaban J connectivity index is 1.69. The molecule has 0 unspecified atom stereocenters. The van der Waals surface area contributed by atoms with Crippen molar-refractivity contribution in [2.75, 3.05) is 26.2 Å². The number of rotatable bonds is 6. The van der Waals surface area contributed by atoms with Crippen molar-refractivity contribution in [3.05, 3.63) is 35.4 Å². The first kappa shape index (κ1) is 16.0. The third kappa shape index (κ3) is 5.14. The minimum Gasteiger partial charge on any atom is -0.301 e. The Bertz CT molecular complexity index is 437. The highest BCUT2D eigenvalue weighted by molar-refractivity contribution is 5.93. The molecule has 0 aliphatic carbocycles. The molecule has 0 aromatic heterocycles. The quantitative estimate of drug-likeness (QED) is 0.647. The molecule has 1 amide bonds. The second-order valence-electron chi connectivity index (χ2n) is 5.96. The number of piperidine rings is 1. The van der Waals surface area contributed by atoms with Gasteiger partial charge in [-0.2, -0.15) is 0 Å². The summed E-state index contributed by atoms with van der Waals surface area (Å²) in [6.45, 7) is 7.99. The van der Waals surface area contributed by atoms with Crippen LogP contribution in [-0.4, -0.2) is 37.0 Å². The summed E-state index contributed by atoms with van der Waals surface area (Å²) in [5.41, 5.74) is 4.39. The fourth-order valence-corrected chi connectivity index (χ4v) is 2.55. The fraction of sp³-hybridized carbons (Fsp3) is 0.588. The lowest BCUT2D eigenvalue weighted by atomic mass is 10.0. The number of nitrogens with zero attached hydrogens (tertiary/aromatic N) is 1. The third-order valence-electron chi connectivity index (χ3n) is 3.96. The second kappa shape index (κ2) is 8.15. The molecule has 0 radical (unpaired) electrons. The van der Waals surface area contributed by atoms with Gasteiger partial charge in [0.25, 0.3) is 5.91 Å². The van der Waals surface area contributed by atoms with Crippen LogP contribution in [0.25, 0.3) is 0 Å². The molecular weight excluding hydrogens is 264 g/mol. The highest BCUT2D eigenvalue weighted by atomic mass is 16.6. The standard InChI is InChI=1S/C17H26N2O2/c1-14(2)15-6-8-16(9-7-15)17(20)18-21-13-12-19-10-4-3-5-11-19/h6-9,14H,3-5,10-13H2,1-2H3,(H,18,20). The van der Waals surface area contributed by atoms with Crippen molar-refractivity contribution < 1.29 is 9.63 Å². The lowest BCUT2D eigenvalue weighted by molar-refractivity contribution is 0.0206. The van der Waals surface area contributed by atoms with Gasteiger partial charge < -0.3 is 4.90 Å². The first-order valence-corrected chi connectivity index (χ1v) is 7.91. The molecule has 0 atom stereocenters. The van der Waals surface area contributed by atoms with Crippen LogP contribution in [0, 0.1) is 0 Å². The molecule has 0 spiro atoms. The summed E-state index contributed by atoms with van der Waals surface area (Å²) in [7, 11) is 0. The molecule has 1 heterocycles. The Labute approximate surface area is 127 Å². The maximum Gasteiger partial charge on any atom is 0.274 e. The molecule has 1 aliphatic rings. The van der Waals surface area contributed by atoms with Crippen molar-refractivity contribution in [1.29, 1.82) is 0 Å². The van der Waals surface area contributed by atoms with E-state index in [2.05, 4.69) is 24.2 Å². The zero-order valence-electron chi connectivity index (χ0n) is 13.1. The van der Waals surface area contributed by atoms with Gasteiger partial charge in [-0.25, -0.2) is 5.48 Å². The number of carbonyl (C=O) groups is 1. The van der Waals surface area contributed by atoms with Gasteiger partial charge in [-0.15, -0.1) is 0 Å². The van der Waals surface area contributed by atoms with E-state index in [1.54, 1.807) is 0 Å². The van der Waals surface area contributed by atoms with Crippen LogP contribution in [0.3, 0.4) is 0 Å². The largest absolute Gasteiger partial charge is 0.301 e. The predicted molar refractivity (Wildman–Crippen MR) is 84.2 cm³/mol. The van der Waals surface area contributed by atoms with E-state index in [0.717, 1.165) is 19.6 Å². The predicted octanol–water partition coefficient (Wildman–Crippen LogP) is 2.96. The summed E-state index contributed by atoms with van der Waals surface area (Å²) in [6.07, 6.45) is 3.88. The Morgan fingerprint density at radius 3 is 2.48 bits per heavy atom. The first-order chi connectivity index (χ1) is 10.2. The van der Waals surface area contributed by atoms with Gasteiger partial charge in [0, 0.05) is 12.1 Å². The van der Waals surface area contributed by atoms with Crippen molar-refractivity contribution in [2.45, 2.75) is 39.0 Å². The molecule has 2 rings (SSSR count). The highest BCUT2D eigenvalue weighted by Crippen LogP contribution is 2.14. The van der Waals surface area contributed by atoms with Crippen LogP contribution in [0.15, 0.2) is 24.3 Å². The van der Waals surface area contributed by atoms with Gasteiger partial charge in [0.15, 0.2) is 0 Å². The van der Waals surface area contributed by atoms with Crippen LogP contribution >= 0.6 is 0 Å². The summed E-state index contributed by atoms with van der Waals surface area (Å²) in [4.78, 5) is 19.6. The fourth-order valence-electron chi connectivity index (χ4n) is 2.55. The van der Waals surface area contributed by atoms with Gasteiger partial charge in [-0.1, -0.05) is 32.4 Å². The molecule has 4 heteroatoms. The van der Waals surface area contributed by atoms with Crippen molar-refractivity contribution in [3.63, 3.8) is 0 Å². The van der Waals surface area contributed by atoms with Crippen LogP contribution in [0.4, 0.5) is 0 Å². The van der Waals surface area contributed by atoms with Gasteiger partial charge in [0.2, 0.25) is 0 Å². The molecule has 0 bridgehead atoms. The molecule has 1 fully saturated rings. The molecule has 0 saturated carbocycles. The Morgan fingerprint density at radius 1 is 1.19 bits per heavy atom. The molecule has 1 aliphatic heterocycles. The number of likely N-dealkylation sites (tertiary alicyclic amines) is 1. The van der Waals surface area contributed by atoms with Crippen LogP contribution in [0.1, 0.15) is 54.9 Å². The normalized spacial score (nSPS) is 16.1. The first-order valence-electron chi connectivity index (χ1n) is 7.91. The van der Waals surface area contributed by atoms with E-state index in [-0.39, 0.29) is 5.91 Å². The second-order valence-corrected chi connectivity index (χ2v) is 5.96. The van der Waals surface area contributed by atoms with E-state index in [1.165, 1.54) is 24.8 Å². The molecule has 4 nitrogen and oxygen atoms in total. The molecular formula is C17H26N2O2. The Morgan fingerprint density at radius 2 is 1.86 bits per heavy atom. The number of hydrogen-bond donors (Lipinski definition) is 1. The Kier molecular flexibility index (Phi) is 6.21. The number of benzene rings is 1. The van der Waals surface area contributed by atoms with Crippen LogP contribution in [-0.2, 0) is 4.84 Å². The third-order valence-corrected chi connectivity index (χ3v) is 3.96. The molecule has 21 heavy (non-hydrogen) atoms. The average molecular weight is 290 g/mol. The zero-order valence-corrected chi connectivity index (χ0v) is 13.1. The zero-order chi connectivity index (χ0) is 15.1. The average Bonchev–Trinajstić information content (AvgIpc) is 2.52. The minimum atomic E-state index is -0.177.